The molecular weight excluding hydrogens is 946 g/mol. The maximum Gasteiger partial charge on any atom is 1.00 e. The molecule has 59 heavy (non-hydrogen) atoms. The summed E-state index contributed by atoms with van der Waals surface area (Å²) in [5.41, 5.74) is 5.03. The maximum absolute atomic E-state index is 7.10. The standard InChI is InChI=1S/C25H22P2.2C14H7O.2Ag/c1-5-13-22(14-6-1)26(23-15-7-2-8-16-23)21-27(24-17-9-3-10-18-24)25-19-11-4-12-20-25;2*1-2-10-7-8-14-12(9-10)11-5-3-4-6-13(11)15-14;;/h1-20H,21H2;2*3-9H;;/q;2*-1;2*+1/p+2. The van der Waals surface area contributed by atoms with Gasteiger partial charge in [-0.3, -0.25) is 11.8 Å². The molecular formula is C53H38Ag2O2P2+2. The second-order valence-electron chi connectivity index (χ2n) is 13.5. The fourth-order valence-electron chi connectivity index (χ4n) is 7.08. The third-order valence-corrected chi connectivity index (χ3v) is 16.8. The van der Waals surface area contributed by atoms with Crippen LogP contribution in [0.2, 0.25) is 0 Å². The number of hydrogen-bond donors (Lipinski definition) is 0. The Hall–Kier alpha value is -5.18. The van der Waals surface area contributed by atoms with Crippen LogP contribution in [0, 0.1) is 24.7 Å². The number of fused-ring (bicyclic) bond motifs is 6. The van der Waals surface area contributed by atoms with Crippen molar-refractivity contribution < 1.29 is 53.6 Å². The predicted molar refractivity (Wildman–Crippen MR) is 246 cm³/mol. The fraction of sp³-hybridized carbons (Fsp3) is 0.0189. The maximum atomic E-state index is 7.10. The zero-order valence-corrected chi connectivity index (χ0v) is 36.7. The van der Waals surface area contributed by atoms with Gasteiger partial charge in [-0.05, 0) is 72.8 Å². The van der Waals surface area contributed by atoms with E-state index in [0.717, 1.165) is 55.0 Å². The Morgan fingerprint density at radius 3 is 0.949 bits per heavy atom. The Bertz CT molecular complexity index is 2680. The molecule has 2 nitrogen and oxygen atoms in total. The molecule has 0 spiro atoms. The van der Waals surface area contributed by atoms with Crippen molar-refractivity contribution in [3.05, 3.63) is 230 Å². The summed E-state index contributed by atoms with van der Waals surface area (Å²) < 4.78 is 11.3. The molecule has 6 heteroatoms. The molecule has 292 valence electrons. The van der Waals surface area contributed by atoms with Crippen LogP contribution in [0.15, 0.2) is 215 Å². The topological polar surface area (TPSA) is 26.3 Å². The summed E-state index contributed by atoms with van der Waals surface area (Å²) in [6.45, 7) is 0. The molecule has 0 aliphatic rings. The monoisotopic (exact) mass is 982 g/mol. The second kappa shape index (κ2) is 21.2. The molecule has 0 bridgehead atoms. The zero-order valence-electron chi connectivity index (χ0n) is 31.8. The Labute approximate surface area is 379 Å². The molecule has 0 N–H and O–H groups in total. The summed E-state index contributed by atoms with van der Waals surface area (Å²) in [6, 6.07) is 71.5. The van der Waals surface area contributed by atoms with Crippen molar-refractivity contribution >= 4 is 80.9 Å². The Kier molecular flexibility index (Phi) is 15.6. The predicted octanol–water partition coefficient (Wildman–Crippen LogP) is 11.7. The van der Waals surface area contributed by atoms with Crippen LogP contribution in [-0.4, -0.2) is 5.90 Å². The van der Waals surface area contributed by atoms with Crippen molar-refractivity contribution in [1.29, 1.82) is 0 Å². The minimum atomic E-state index is -0.847. The first-order valence-corrected chi connectivity index (χ1v) is 22.2. The van der Waals surface area contributed by atoms with Crippen LogP contribution in [0.5, 0.6) is 0 Å². The van der Waals surface area contributed by atoms with Gasteiger partial charge in [0.2, 0.25) is 0 Å². The molecule has 10 aromatic rings. The van der Waals surface area contributed by atoms with E-state index >= 15 is 0 Å². The van der Waals surface area contributed by atoms with E-state index in [2.05, 4.69) is 133 Å². The largest absolute Gasteiger partial charge is 1.00 e. The number of hydrogen-bond acceptors (Lipinski definition) is 2. The normalized spacial score (nSPS) is 10.4. The van der Waals surface area contributed by atoms with Gasteiger partial charge in [-0.2, -0.15) is 0 Å². The van der Waals surface area contributed by atoms with Gasteiger partial charge in [0.25, 0.3) is 0 Å². The van der Waals surface area contributed by atoms with Gasteiger partial charge in [-0.25, -0.2) is 0 Å². The molecule has 8 aromatic carbocycles. The van der Waals surface area contributed by atoms with Gasteiger partial charge in [0.05, 0.1) is 0 Å². The van der Waals surface area contributed by atoms with E-state index in [9.17, 15) is 0 Å². The number of furan rings is 2. The molecule has 0 amide bonds. The van der Waals surface area contributed by atoms with Crippen LogP contribution in [0.25, 0.3) is 43.9 Å². The van der Waals surface area contributed by atoms with Crippen LogP contribution in [0.4, 0.5) is 0 Å². The molecule has 0 saturated heterocycles. The fourth-order valence-corrected chi connectivity index (χ4v) is 14.8. The van der Waals surface area contributed by atoms with E-state index < -0.39 is 15.8 Å². The first-order valence-electron chi connectivity index (χ1n) is 18.8. The van der Waals surface area contributed by atoms with Crippen molar-refractivity contribution in [1.82, 2.24) is 0 Å². The van der Waals surface area contributed by atoms with Crippen molar-refractivity contribution in [2.45, 2.75) is 0 Å². The summed E-state index contributed by atoms with van der Waals surface area (Å²) in [5, 5.41) is 10.3. The van der Waals surface area contributed by atoms with Crippen LogP contribution >= 0.6 is 15.8 Å². The summed E-state index contributed by atoms with van der Waals surface area (Å²) in [5.74, 6) is 6.01. The smallest absolute Gasteiger partial charge is 0.456 e. The summed E-state index contributed by atoms with van der Waals surface area (Å²) in [4.78, 5) is 0. The van der Waals surface area contributed by atoms with Gasteiger partial charge < -0.3 is 21.7 Å². The number of rotatable bonds is 6. The third kappa shape index (κ3) is 10.3. The Morgan fingerprint density at radius 1 is 0.339 bits per heavy atom. The molecule has 2 heterocycles. The summed E-state index contributed by atoms with van der Waals surface area (Å²) >= 11 is 0. The van der Waals surface area contributed by atoms with E-state index in [1.54, 1.807) is 0 Å². The van der Waals surface area contributed by atoms with Gasteiger partial charge in [-0.1, -0.05) is 109 Å². The molecule has 0 atom stereocenters. The van der Waals surface area contributed by atoms with Crippen LogP contribution < -0.4 is 21.2 Å². The third-order valence-electron chi connectivity index (χ3n) is 9.88. The minimum Gasteiger partial charge on any atom is -0.456 e. The van der Waals surface area contributed by atoms with Crippen molar-refractivity contribution in [2.75, 3.05) is 5.90 Å². The van der Waals surface area contributed by atoms with Crippen LogP contribution in [0.1, 0.15) is 11.1 Å². The molecule has 0 aliphatic heterocycles. The van der Waals surface area contributed by atoms with Gasteiger partial charge in [0, 0.05) is 21.5 Å². The van der Waals surface area contributed by atoms with Crippen LogP contribution in [-0.2, 0) is 44.8 Å². The van der Waals surface area contributed by atoms with Gasteiger partial charge in [0.15, 0.2) is 5.90 Å². The molecule has 0 fully saturated rings. The van der Waals surface area contributed by atoms with Gasteiger partial charge in [0.1, 0.15) is 59.4 Å². The molecule has 0 radical (unpaired) electrons. The average molecular weight is 985 g/mol. The van der Waals surface area contributed by atoms with Crippen molar-refractivity contribution in [2.24, 2.45) is 0 Å². The molecule has 0 unspecified atom stereocenters. The minimum absolute atomic E-state index is 0. The molecule has 2 aromatic heterocycles. The zero-order chi connectivity index (χ0) is 38.8. The van der Waals surface area contributed by atoms with Gasteiger partial charge in [-0.15, -0.1) is 35.4 Å². The number of para-hydroxylation sites is 2. The van der Waals surface area contributed by atoms with E-state index in [1.165, 1.54) is 27.1 Å². The average Bonchev–Trinajstić information content (AvgIpc) is 3.86. The quantitative estimate of drug-likeness (QED) is 0.0718. The van der Waals surface area contributed by atoms with E-state index in [4.69, 9.17) is 21.7 Å². The van der Waals surface area contributed by atoms with E-state index in [1.807, 2.05) is 84.9 Å². The summed E-state index contributed by atoms with van der Waals surface area (Å²) in [7, 11) is -1.69. The van der Waals surface area contributed by atoms with E-state index in [-0.39, 0.29) is 44.8 Å². The van der Waals surface area contributed by atoms with Crippen molar-refractivity contribution in [3.63, 3.8) is 0 Å². The first-order chi connectivity index (χ1) is 28.2. The Morgan fingerprint density at radius 2 is 0.627 bits per heavy atom. The second-order valence-corrected chi connectivity index (χ2v) is 19.1. The summed E-state index contributed by atoms with van der Waals surface area (Å²) in [6.07, 6.45) is 14.2. The molecule has 0 aliphatic carbocycles. The van der Waals surface area contributed by atoms with Crippen molar-refractivity contribution in [3.8, 4) is 11.8 Å². The molecule has 0 saturated carbocycles. The molecule has 10 rings (SSSR count). The van der Waals surface area contributed by atoms with E-state index in [0.29, 0.717) is 0 Å². The number of benzene rings is 8. The first kappa shape index (κ1) is 43.4. The SMILES string of the molecule is [Ag+].[Ag+].[C-]#Cc1ccc2oc3ccccc3c2c1.[C-]#Cc1ccc2oc3ccccc3c2c1.c1ccc([PH+](C[PH+](c2ccccc2)c2ccccc2)c2ccccc2)cc1. The van der Waals surface area contributed by atoms with Gasteiger partial charge >= 0.3 is 44.8 Å². The Balaban J connectivity index is 0.000000156. The van der Waals surface area contributed by atoms with Crippen LogP contribution in [0.3, 0.4) is 0 Å².